The minimum Gasteiger partial charge on any atom is -0.377 e. The zero-order valence-corrected chi connectivity index (χ0v) is 11.8. The van der Waals surface area contributed by atoms with Crippen LogP contribution in [-0.2, 0) is 4.74 Å². The SMILES string of the molecule is CCOC1CCCN(C2CC(C)CCC2C#N)C1. The monoisotopic (exact) mass is 250 g/mol. The molecule has 0 aromatic heterocycles. The van der Waals surface area contributed by atoms with E-state index in [2.05, 4.69) is 24.8 Å². The highest BCUT2D eigenvalue weighted by atomic mass is 16.5. The molecule has 0 bridgehead atoms. The van der Waals surface area contributed by atoms with Gasteiger partial charge in [0, 0.05) is 19.2 Å². The van der Waals surface area contributed by atoms with Crippen LogP contribution in [0, 0.1) is 23.2 Å². The number of likely N-dealkylation sites (tertiary alicyclic amines) is 1. The zero-order chi connectivity index (χ0) is 13.0. The van der Waals surface area contributed by atoms with E-state index < -0.39 is 0 Å². The van der Waals surface area contributed by atoms with E-state index in [1.165, 1.54) is 25.7 Å². The van der Waals surface area contributed by atoms with Crippen LogP contribution in [0.3, 0.4) is 0 Å². The van der Waals surface area contributed by atoms with Gasteiger partial charge in [0.15, 0.2) is 0 Å². The Morgan fingerprint density at radius 1 is 1.33 bits per heavy atom. The van der Waals surface area contributed by atoms with Crippen molar-refractivity contribution in [1.29, 1.82) is 5.26 Å². The maximum atomic E-state index is 9.34. The minimum absolute atomic E-state index is 0.238. The van der Waals surface area contributed by atoms with Crippen LogP contribution in [0.5, 0.6) is 0 Å². The van der Waals surface area contributed by atoms with Crippen LogP contribution < -0.4 is 0 Å². The van der Waals surface area contributed by atoms with Crippen molar-refractivity contribution in [2.75, 3.05) is 19.7 Å². The van der Waals surface area contributed by atoms with Gasteiger partial charge in [-0.15, -0.1) is 0 Å². The summed E-state index contributed by atoms with van der Waals surface area (Å²) < 4.78 is 5.78. The highest BCUT2D eigenvalue weighted by molar-refractivity contribution is 4.98. The van der Waals surface area contributed by atoms with Gasteiger partial charge in [0.05, 0.1) is 18.1 Å². The quantitative estimate of drug-likeness (QED) is 0.773. The first-order chi connectivity index (χ1) is 8.74. The maximum Gasteiger partial charge on any atom is 0.0702 e. The Kier molecular flexibility index (Phi) is 5.03. The molecule has 0 N–H and O–H groups in total. The summed E-state index contributed by atoms with van der Waals surface area (Å²) in [4.78, 5) is 2.54. The summed E-state index contributed by atoms with van der Waals surface area (Å²) in [5, 5.41) is 9.34. The van der Waals surface area contributed by atoms with Gasteiger partial charge in [-0.2, -0.15) is 5.26 Å². The summed E-state index contributed by atoms with van der Waals surface area (Å²) in [6.07, 6.45) is 6.28. The van der Waals surface area contributed by atoms with Crippen molar-refractivity contribution in [3.63, 3.8) is 0 Å². The lowest BCUT2D eigenvalue weighted by Gasteiger charge is -2.43. The molecule has 1 aliphatic carbocycles. The molecule has 4 unspecified atom stereocenters. The smallest absolute Gasteiger partial charge is 0.0702 e. The molecule has 2 fully saturated rings. The van der Waals surface area contributed by atoms with Gasteiger partial charge in [-0.1, -0.05) is 6.92 Å². The van der Waals surface area contributed by atoms with Crippen molar-refractivity contribution >= 4 is 0 Å². The predicted molar refractivity (Wildman–Crippen MR) is 72.1 cm³/mol. The molecule has 3 nitrogen and oxygen atoms in total. The highest BCUT2D eigenvalue weighted by Crippen LogP contribution is 2.33. The molecule has 0 amide bonds. The van der Waals surface area contributed by atoms with E-state index in [9.17, 15) is 5.26 Å². The first-order valence-corrected chi connectivity index (χ1v) is 7.49. The molecule has 0 spiro atoms. The molecule has 2 aliphatic rings. The molecular weight excluding hydrogens is 224 g/mol. The third kappa shape index (κ3) is 3.24. The lowest BCUT2D eigenvalue weighted by atomic mass is 9.78. The molecule has 0 radical (unpaired) electrons. The van der Waals surface area contributed by atoms with Gasteiger partial charge < -0.3 is 4.74 Å². The average molecular weight is 250 g/mol. The molecule has 2 rings (SSSR count). The van der Waals surface area contributed by atoms with E-state index in [0.29, 0.717) is 12.1 Å². The van der Waals surface area contributed by atoms with Crippen molar-refractivity contribution in [2.45, 2.75) is 58.1 Å². The topological polar surface area (TPSA) is 36.3 Å². The Balaban J connectivity index is 1.97. The fourth-order valence-corrected chi connectivity index (χ4v) is 3.54. The zero-order valence-electron chi connectivity index (χ0n) is 11.8. The van der Waals surface area contributed by atoms with Gasteiger partial charge in [-0.05, 0) is 51.5 Å². The number of piperidine rings is 1. The van der Waals surface area contributed by atoms with Crippen LogP contribution in [0.25, 0.3) is 0 Å². The second-order valence-corrected chi connectivity index (χ2v) is 5.94. The Hall–Kier alpha value is -0.590. The second kappa shape index (κ2) is 6.54. The van der Waals surface area contributed by atoms with Gasteiger partial charge in [0.2, 0.25) is 0 Å². The van der Waals surface area contributed by atoms with E-state index in [1.54, 1.807) is 0 Å². The van der Waals surface area contributed by atoms with Crippen LogP contribution >= 0.6 is 0 Å². The molecule has 1 saturated heterocycles. The number of hydrogen-bond acceptors (Lipinski definition) is 3. The number of nitrogens with zero attached hydrogens (tertiary/aromatic N) is 2. The lowest BCUT2D eigenvalue weighted by Crippen LogP contribution is -2.50. The predicted octanol–water partition coefficient (Wildman–Crippen LogP) is 2.82. The highest BCUT2D eigenvalue weighted by Gasteiger charge is 2.35. The molecular formula is C15H26N2O. The normalized spacial score (nSPS) is 38.3. The molecule has 18 heavy (non-hydrogen) atoms. The van der Waals surface area contributed by atoms with E-state index in [0.717, 1.165) is 32.0 Å². The van der Waals surface area contributed by atoms with Gasteiger partial charge in [-0.3, -0.25) is 4.90 Å². The fourth-order valence-electron chi connectivity index (χ4n) is 3.54. The summed E-state index contributed by atoms with van der Waals surface area (Å²) in [6.45, 7) is 7.38. The molecule has 102 valence electrons. The summed E-state index contributed by atoms with van der Waals surface area (Å²) in [7, 11) is 0. The van der Waals surface area contributed by atoms with Crippen molar-refractivity contribution < 1.29 is 4.74 Å². The van der Waals surface area contributed by atoms with E-state index in [-0.39, 0.29) is 5.92 Å². The van der Waals surface area contributed by atoms with Crippen molar-refractivity contribution in [1.82, 2.24) is 4.90 Å². The largest absolute Gasteiger partial charge is 0.377 e. The van der Waals surface area contributed by atoms with Crippen LogP contribution in [-0.4, -0.2) is 36.7 Å². The maximum absolute atomic E-state index is 9.34. The van der Waals surface area contributed by atoms with Crippen LogP contribution in [0.2, 0.25) is 0 Å². The molecule has 1 aliphatic heterocycles. The van der Waals surface area contributed by atoms with Crippen molar-refractivity contribution in [3.8, 4) is 6.07 Å². The standard InChI is InChI=1S/C15H26N2O/c1-3-18-14-5-4-8-17(11-14)15-9-12(2)6-7-13(15)10-16/h12-15H,3-9,11H2,1-2H3. The van der Waals surface area contributed by atoms with E-state index in [4.69, 9.17) is 4.74 Å². The third-order valence-electron chi connectivity index (χ3n) is 4.53. The van der Waals surface area contributed by atoms with E-state index >= 15 is 0 Å². The van der Waals surface area contributed by atoms with Crippen LogP contribution in [0.1, 0.15) is 46.0 Å². The van der Waals surface area contributed by atoms with Gasteiger partial charge in [0.25, 0.3) is 0 Å². The van der Waals surface area contributed by atoms with Crippen molar-refractivity contribution in [3.05, 3.63) is 0 Å². The lowest BCUT2D eigenvalue weighted by molar-refractivity contribution is -0.0218. The Labute approximate surface area is 111 Å². The summed E-state index contributed by atoms with van der Waals surface area (Å²) in [6, 6.07) is 3.01. The third-order valence-corrected chi connectivity index (χ3v) is 4.53. The second-order valence-electron chi connectivity index (χ2n) is 5.94. The van der Waals surface area contributed by atoms with E-state index in [1.807, 2.05) is 0 Å². The Bertz CT molecular complexity index is 297. The summed E-state index contributed by atoms with van der Waals surface area (Å²) in [5.74, 6) is 1.01. The Morgan fingerprint density at radius 3 is 2.89 bits per heavy atom. The van der Waals surface area contributed by atoms with Gasteiger partial charge in [0.1, 0.15) is 0 Å². The molecule has 0 aromatic carbocycles. The average Bonchev–Trinajstić information content (AvgIpc) is 2.39. The van der Waals surface area contributed by atoms with Crippen molar-refractivity contribution in [2.24, 2.45) is 11.8 Å². The van der Waals surface area contributed by atoms with Gasteiger partial charge >= 0.3 is 0 Å². The first kappa shape index (κ1) is 13.8. The number of hydrogen-bond donors (Lipinski definition) is 0. The Morgan fingerprint density at radius 2 is 2.17 bits per heavy atom. The molecule has 1 heterocycles. The first-order valence-electron chi connectivity index (χ1n) is 7.49. The van der Waals surface area contributed by atoms with Gasteiger partial charge in [-0.25, -0.2) is 0 Å². The molecule has 1 saturated carbocycles. The molecule has 0 aromatic rings. The number of nitriles is 1. The number of rotatable bonds is 3. The summed E-state index contributed by atoms with van der Waals surface area (Å²) in [5.41, 5.74) is 0. The number of ether oxygens (including phenoxy) is 1. The summed E-state index contributed by atoms with van der Waals surface area (Å²) >= 11 is 0. The minimum atomic E-state index is 0.238. The van der Waals surface area contributed by atoms with Crippen LogP contribution in [0.4, 0.5) is 0 Å². The van der Waals surface area contributed by atoms with Crippen LogP contribution in [0.15, 0.2) is 0 Å². The molecule has 4 atom stereocenters. The molecule has 3 heteroatoms. The fraction of sp³-hybridized carbons (Fsp3) is 0.933.